The van der Waals surface area contributed by atoms with Crippen LogP contribution in [0.25, 0.3) is 0 Å². The second-order valence-corrected chi connectivity index (χ2v) is 3.06. The van der Waals surface area contributed by atoms with Gasteiger partial charge in [-0.25, -0.2) is 4.79 Å². The second-order valence-electron chi connectivity index (χ2n) is 2.40. The van der Waals surface area contributed by atoms with Crippen molar-refractivity contribution in [2.24, 2.45) is 0 Å². The fourth-order valence-corrected chi connectivity index (χ4v) is 1.19. The zero-order valence-corrected chi connectivity index (χ0v) is 8.23. The van der Waals surface area contributed by atoms with Crippen LogP contribution in [0.1, 0.15) is 15.9 Å². The Kier molecular flexibility index (Phi) is 3.05. The Labute approximate surface area is 82.0 Å². The molecule has 4 heteroatoms. The van der Waals surface area contributed by atoms with Crippen molar-refractivity contribution in [3.8, 4) is 0 Å². The number of hydrogen-bond donors (Lipinski definition) is 2. The van der Waals surface area contributed by atoms with Gasteiger partial charge in [-0.1, -0.05) is 11.6 Å². The van der Waals surface area contributed by atoms with E-state index in [9.17, 15) is 4.79 Å². The van der Waals surface area contributed by atoms with E-state index in [-0.39, 0.29) is 0 Å². The van der Waals surface area contributed by atoms with Crippen molar-refractivity contribution < 1.29 is 8.98 Å². The molecule has 12 heavy (non-hydrogen) atoms. The van der Waals surface area contributed by atoms with Crippen LogP contribution in [0.15, 0.2) is 23.1 Å². The predicted octanol–water partition coefficient (Wildman–Crippen LogP) is 2.29. The summed E-state index contributed by atoms with van der Waals surface area (Å²) in [4.78, 5) is 11.6. The minimum absolute atomic E-state index is 0.438. The molecule has 0 bridgehead atoms. The number of benzene rings is 1. The highest BCUT2D eigenvalue weighted by atomic mass is 32.1. The van der Waals surface area contributed by atoms with Crippen LogP contribution in [0, 0.1) is 6.92 Å². The Hall–Kier alpha value is -0.610. The van der Waals surface area contributed by atoms with Crippen molar-refractivity contribution in [1.82, 2.24) is 0 Å². The first-order valence-electron chi connectivity index (χ1n) is 3.30. The molecule has 0 saturated heterocycles. The van der Waals surface area contributed by atoms with Gasteiger partial charge in [-0.15, -0.1) is 12.6 Å². The summed E-state index contributed by atoms with van der Waals surface area (Å²) in [6, 6.07) is 5.33. The van der Waals surface area contributed by atoms with Crippen LogP contribution in [0.2, 0.25) is 0 Å². The molecule has 0 spiro atoms. The minimum atomic E-state index is -0.480. The smallest absolute Gasteiger partial charge is 0.351 e. The summed E-state index contributed by atoms with van der Waals surface area (Å²) in [5, 5.41) is 0. The molecule has 0 aromatic heterocycles. The van der Waals surface area contributed by atoms with Crippen molar-refractivity contribution in [3.05, 3.63) is 29.3 Å². The van der Waals surface area contributed by atoms with Crippen molar-refractivity contribution in [3.63, 3.8) is 0 Å². The molecule has 1 aromatic carbocycles. The molecule has 2 nitrogen and oxygen atoms in total. The third-order valence-corrected chi connectivity index (χ3v) is 2.01. The van der Waals surface area contributed by atoms with Gasteiger partial charge in [-0.2, -0.15) is 0 Å². The maximum absolute atomic E-state index is 11.0. The molecule has 1 rings (SSSR count). The molecule has 0 atom stereocenters. The van der Waals surface area contributed by atoms with Gasteiger partial charge in [0, 0.05) is 17.8 Å². The van der Waals surface area contributed by atoms with Gasteiger partial charge in [-0.05, 0) is 19.1 Å². The summed E-state index contributed by atoms with van der Waals surface area (Å²) in [6.07, 6.45) is 0. The van der Waals surface area contributed by atoms with Crippen molar-refractivity contribution in [2.75, 3.05) is 0 Å². The first-order valence-corrected chi connectivity index (χ1v) is 4.11. The molecular weight excluding hydrogens is 192 g/mol. The number of rotatable bonds is 1. The summed E-state index contributed by atoms with van der Waals surface area (Å²) < 4.78 is 4.28. The minimum Gasteiger partial charge on any atom is -0.391 e. The Balaban J connectivity index is 3.13. The molecule has 0 unspecified atom stereocenters. The van der Waals surface area contributed by atoms with E-state index in [1.807, 2.05) is 13.0 Å². The largest absolute Gasteiger partial charge is 0.391 e. The molecular formula is C8H8O2S2. The van der Waals surface area contributed by atoms with E-state index in [0.717, 1.165) is 5.56 Å². The van der Waals surface area contributed by atoms with Crippen molar-refractivity contribution in [1.29, 1.82) is 0 Å². The predicted molar refractivity (Wildman–Crippen MR) is 52.8 cm³/mol. The molecule has 0 aliphatic rings. The Bertz CT molecular complexity index is 310. The highest BCUT2D eigenvalue weighted by Crippen LogP contribution is 2.16. The van der Waals surface area contributed by atoms with Crippen molar-refractivity contribution in [2.45, 2.75) is 11.8 Å². The lowest BCUT2D eigenvalue weighted by molar-refractivity contribution is 0.0768. The monoisotopic (exact) mass is 200 g/mol. The summed E-state index contributed by atoms with van der Waals surface area (Å²) in [5.74, 6) is -0.480. The van der Waals surface area contributed by atoms with Crippen LogP contribution in [-0.2, 0) is 4.18 Å². The highest BCUT2D eigenvalue weighted by Gasteiger charge is 2.09. The lowest BCUT2D eigenvalue weighted by Gasteiger charge is -2.02. The van der Waals surface area contributed by atoms with Gasteiger partial charge in [0.15, 0.2) is 0 Å². The summed E-state index contributed by atoms with van der Waals surface area (Å²) in [6.45, 7) is 1.89. The van der Waals surface area contributed by atoms with E-state index in [0.29, 0.717) is 10.5 Å². The van der Waals surface area contributed by atoms with E-state index in [4.69, 9.17) is 0 Å². The van der Waals surface area contributed by atoms with Crippen LogP contribution in [0.4, 0.5) is 0 Å². The third kappa shape index (κ3) is 1.95. The molecule has 0 aliphatic carbocycles. The standard InChI is InChI=1S/C8H8O2S2/c1-5-2-3-7(11)6(4-5)8(9)10-12/h2-4,11-12H,1H3. The fraction of sp³-hybridized carbons (Fsp3) is 0.125. The Morgan fingerprint density at radius 1 is 1.50 bits per heavy atom. The van der Waals surface area contributed by atoms with Gasteiger partial charge in [0.25, 0.3) is 0 Å². The van der Waals surface area contributed by atoms with Gasteiger partial charge >= 0.3 is 5.97 Å². The van der Waals surface area contributed by atoms with E-state index < -0.39 is 5.97 Å². The number of hydrogen-bond acceptors (Lipinski definition) is 4. The first kappa shape index (κ1) is 9.48. The zero-order valence-electron chi connectivity index (χ0n) is 6.44. The Morgan fingerprint density at radius 3 is 2.75 bits per heavy atom. The summed E-state index contributed by atoms with van der Waals surface area (Å²) in [7, 11) is 0. The lowest BCUT2D eigenvalue weighted by atomic mass is 10.1. The van der Waals surface area contributed by atoms with Crippen LogP contribution in [0.5, 0.6) is 0 Å². The summed E-state index contributed by atoms with van der Waals surface area (Å²) in [5.41, 5.74) is 1.43. The molecule has 0 aliphatic heterocycles. The molecule has 1 aromatic rings. The van der Waals surface area contributed by atoms with E-state index in [2.05, 4.69) is 29.7 Å². The molecule has 0 heterocycles. The molecule has 0 radical (unpaired) electrons. The molecule has 0 amide bonds. The average molecular weight is 200 g/mol. The maximum atomic E-state index is 11.0. The second kappa shape index (κ2) is 3.87. The zero-order chi connectivity index (χ0) is 9.14. The first-order chi connectivity index (χ1) is 5.65. The van der Waals surface area contributed by atoms with Crippen LogP contribution in [-0.4, -0.2) is 5.97 Å². The van der Waals surface area contributed by atoms with Gasteiger partial charge in [0.05, 0.1) is 5.56 Å². The van der Waals surface area contributed by atoms with Gasteiger partial charge in [-0.3, -0.25) is 0 Å². The molecule has 0 saturated carbocycles. The number of thiol groups is 2. The lowest BCUT2D eigenvalue weighted by Crippen LogP contribution is -1.99. The van der Waals surface area contributed by atoms with E-state index in [1.54, 1.807) is 12.1 Å². The van der Waals surface area contributed by atoms with E-state index >= 15 is 0 Å². The number of aryl methyl sites for hydroxylation is 1. The SMILES string of the molecule is Cc1ccc(S)c(C(=O)OS)c1. The van der Waals surface area contributed by atoms with Gasteiger partial charge in [0.1, 0.15) is 0 Å². The van der Waals surface area contributed by atoms with Crippen LogP contribution < -0.4 is 0 Å². The van der Waals surface area contributed by atoms with Crippen molar-refractivity contribution >= 4 is 31.5 Å². The average Bonchev–Trinajstić information content (AvgIpc) is 2.08. The third-order valence-electron chi connectivity index (χ3n) is 1.45. The maximum Gasteiger partial charge on any atom is 0.351 e. The van der Waals surface area contributed by atoms with E-state index in [1.165, 1.54) is 0 Å². The molecule has 0 fully saturated rings. The number of carbonyl (C=O) groups is 1. The number of carbonyl (C=O) groups excluding carboxylic acids is 1. The topological polar surface area (TPSA) is 26.3 Å². The summed E-state index contributed by atoms with van der Waals surface area (Å²) >= 11 is 7.53. The quantitative estimate of drug-likeness (QED) is 0.537. The fourth-order valence-electron chi connectivity index (χ4n) is 0.863. The van der Waals surface area contributed by atoms with Crippen LogP contribution >= 0.6 is 25.5 Å². The highest BCUT2D eigenvalue weighted by molar-refractivity contribution is 7.80. The van der Waals surface area contributed by atoms with Gasteiger partial charge in [0.2, 0.25) is 0 Å². The Morgan fingerprint density at radius 2 is 2.17 bits per heavy atom. The molecule has 64 valence electrons. The normalized spacial score (nSPS) is 9.58. The molecule has 0 N–H and O–H groups in total. The van der Waals surface area contributed by atoms with Crippen LogP contribution in [0.3, 0.4) is 0 Å². The van der Waals surface area contributed by atoms with Gasteiger partial charge < -0.3 is 4.18 Å².